The van der Waals surface area contributed by atoms with Gasteiger partial charge in [-0.2, -0.15) is 0 Å². The van der Waals surface area contributed by atoms with E-state index in [4.69, 9.17) is 16.3 Å². The van der Waals surface area contributed by atoms with E-state index in [0.29, 0.717) is 5.56 Å². The van der Waals surface area contributed by atoms with Gasteiger partial charge in [0, 0.05) is 23.3 Å². The van der Waals surface area contributed by atoms with E-state index >= 15 is 0 Å². The van der Waals surface area contributed by atoms with Gasteiger partial charge in [0.25, 0.3) is 10.0 Å². The molecular weight excluding hydrogens is 410 g/mol. The number of benzene rings is 2. The molecule has 0 aliphatic heterocycles. The lowest BCUT2D eigenvalue weighted by atomic mass is 10.1. The van der Waals surface area contributed by atoms with Crippen molar-refractivity contribution in [1.29, 1.82) is 0 Å². The fraction of sp³-hybridized carbons (Fsp3) is 0.158. The van der Waals surface area contributed by atoms with Gasteiger partial charge >= 0.3 is 0 Å². The van der Waals surface area contributed by atoms with Crippen molar-refractivity contribution in [3.63, 3.8) is 0 Å². The molecule has 0 radical (unpaired) electrons. The lowest BCUT2D eigenvalue weighted by Crippen LogP contribution is -2.14. The number of hydrogen-bond donors (Lipinski definition) is 1. The van der Waals surface area contributed by atoms with E-state index in [1.54, 1.807) is 7.05 Å². The second-order valence-corrected chi connectivity index (χ2v) is 8.17. The average molecular weight is 427 g/mol. The third-order valence-corrected chi connectivity index (χ3v) is 6.01. The average Bonchev–Trinajstić information content (AvgIpc) is 3.01. The zero-order chi connectivity index (χ0) is 20.5. The van der Waals surface area contributed by atoms with Crippen LogP contribution in [0.25, 0.3) is 11.3 Å². The summed E-state index contributed by atoms with van der Waals surface area (Å²) in [6.45, 7) is 0.226. The second kappa shape index (κ2) is 7.90. The van der Waals surface area contributed by atoms with Crippen molar-refractivity contribution in [2.45, 2.75) is 11.4 Å². The molecule has 9 heteroatoms. The number of nitrogens with zero attached hydrogens (tertiary/aromatic N) is 1. The van der Waals surface area contributed by atoms with E-state index < -0.39 is 27.2 Å². The summed E-state index contributed by atoms with van der Waals surface area (Å²) in [4.78, 5) is -0.119. The summed E-state index contributed by atoms with van der Waals surface area (Å²) in [5.41, 5.74) is -0.302. The summed E-state index contributed by atoms with van der Waals surface area (Å²) >= 11 is 5.93. The lowest BCUT2D eigenvalue weighted by molar-refractivity contribution is 0.410. The third-order valence-electron chi connectivity index (χ3n) is 4.12. The zero-order valence-electron chi connectivity index (χ0n) is 15.0. The number of methoxy groups -OCH3 is 1. The van der Waals surface area contributed by atoms with Crippen molar-refractivity contribution < 1.29 is 21.9 Å². The molecular formula is C19H17ClF2N2O3S. The number of ether oxygens (including phenoxy) is 1. The highest BCUT2D eigenvalue weighted by molar-refractivity contribution is 7.90. The summed E-state index contributed by atoms with van der Waals surface area (Å²) < 4.78 is 61.8. The number of aromatic nitrogens is 1. The summed E-state index contributed by atoms with van der Waals surface area (Å²) in [7, 11) is -1.24. The summed E-state index contributed by atoms with van der Waals surface area (Å²) in [6.07, 6.45) is 1.28. The van der Waals surface area contributed by atoms with E-state index in [2.05, 4.69) is 5.32 Å². The molecule has 148 valence electrons. The molecule has 0 aliphatic rings. The van der Waals surface area contributed by atoms with Crippen molar-refractivity contribution in [2.75, 3.05) is 14.2 Å². The highest BCUT2D eigenvalue weighted by Crippen LogP contribution is 2.40. The Morgan fingerprint density at radius 1 is 1.14 bits per heavy atom. The van der Waals surface area contributed by atoms with Gasteiger partial charge in [0.15, 0.2) is 0 Å². The normalized spacial score (nSPS) is 11.6. The van der Waals surface area contributed by atoms with Crippen LogP contribution in [0, 0.1) is 11.6 Å². The van der Waals surface area contributed by atoms with Crippen LogP contribution in [-0.4, -0.2) is 26.5 Å². The van der Waals surface area contributed by atoms with Crippen LogP contribution < -0.4 is 10.1 Å². The molecule has 0 saturated heterocycles. The van der Waals surface area contributed by atoms with Crippen LogP contribution in [0.15, 0.2) is 53.6 Å². The predicted octanol–water partition coefficient (Wildman–Crippen LogP) is 4.05. The smallest absolute Gasteiger partial charge is 0.268 e. The Kier molecular flexibility index (Phi) is 5.74. The molecule has 0 unspecified atom stereocenters. The molecule has 0 bridgehead atoms. The van der Waals surface area contributed by atoms with E-state index in [1.165, 1.54) is 43.6 Å². The minimum Gasteiger partial charge on any atom is -0.494 e. The topological polar surface area (TPSA) is 60.3 Å². The van der Waals surface area contributed by atoms with Crippen LogP contribution in [0.5, 0.6) is 5.75 Å². The molecule has 5 nitrogen and oxygen atoms in total. The second-order valence-electron chi connectivity index (χ2n) is 5.92. The van der Waals surface area contributed by atoms with E-state index in [-0.39, 0.29) is 27.9 Å². The molecule has 3 aromatic rings. The Bertz CT molecular complexity index is 1110. The first-order chi connectivity index (χ1) is 13.3. The lowest BCUT2D eigenvalue weighted by Gasteiger charge is -2.13. The summed E-state index contributed by atoms with van der Waals surface area (Å²) in [6, 6.07) is 8.94. The Morgan fingerprint density at radius 3 is 2.36 bits per heavy atom. The minimum atomic E-state index is -4.21. The molecule has 1 heterocycles. The SMILES string of the molecule is CNCc1cn(S(=O)(=O)c2cccc(Cl)c2)c(-c2c(F)cccc2F)c1OC. The number of halogens is 3. The molecule has 2 aromatic carbocycles. The Hall–Kier alpha value is -2.42. The standard InChI is InChI=1S/C19H17ClF2N2O3S/c1-23-10-12-11-24(28(25,26)14-6-3-5-13(20)9-14)18(19(12)27-2)17-15(21)7-4-8-16(17)22/h3-9,11,23H,10H2,1-2H3. The number of rotatable bonds is 6. The maximum atomic E-state index is 14.5. The van der Waals surface area contributed by atoms with Crippen molar-refractivity contribution >= 4 is 21.6 Å². The van der Waals surface area contributed by atoms with E-state index in [9.17, 15) is 17.2 Å². The van der Waals surface area contributed by atoms with Crippen LogP contribution in [-0.2, 0) is 16.6 Å². The number of hydrogen-bond acceptors (Lipinski definition) is 4. The molecule has 1 aromatic heterocycles. The van der Waals surface area contributed by atoms with Gasteiger partial charge in [-0.05, 0) is 37.4 Å². The third kappa shape index (κ3) is 3.50. The maximum Gasteiger partial charge on any atom is 0.268 e. The van der Waals surface area contributed by atoms with Crippen LogP contribution >= 0.6 is 11.6 Å². The quantitative estimate of drug-likeness (QED) is 0.646. The van der Waals surface area contributed by atoms with Crippen molar-refractivity contribution in [3.8, 4) is 17.0 Å². The minimum absolute atomic E-state index is 0.0592. The first-order valence-electron chi connectivity index (χ1n) is 8.19. The van der Waals surface area contributed by atoms with Crippen LogP contribution in [0.3, 0.4) is 0 Å². The van der Waals surface area contributed by atoms with Gasteiger partial charge in [-0.3, -0.25) is 0 Å². The van der Waals surface area contributed by atoms with E-state index in [0.717, 1.165) is 16.1 Å². The number of nitrogens with one attached hydrogen (secondary N) is 1. The van der Waals surface area contributed by atoms with Gasteiger partial charge < -0.3 is 10.1 Å². The zero-order valence-corrected chi connectivity index (χ0v) is 16.6. The highest BCUT2D eigenvalue weighted by atomic mass is 35.5. The molecule has 0 atom stereocenters. The van der Waals surface area contributed by atoms with Gasteiger partial charge in [-0.15, -0.1) is 0 Å². The highest BCUT2D eigenvalue weighted by Gasteiger charge is 2.30. The Balaban J connectivity index is 2.39. The molecule has 0 amide bonds. The van der Waals surface area contributed by atoms with Gasteiger partial charge in [0.2, 0.25) is 0 Å². The van der Waals surface area contributed by atoms with Gasteiger partial charge in [0.05, 0.1) is 17.6 Å². The monoisotopic (exact) mass is 426 g/mol. The van der Waals surface area contributed by atoms with Crippen molar-refractivity contribution in [3.05, 3.63) is 70.9 Å². The first kappa shape index (κ1) is 20.3. The van der Waals surface area contributed by atoms with E-state index in [1.807, 2.05) is 0 Å². The largest absolute Gasteiger partial charge is 0.494 e. The fourth-order valence-corrected chi connectivity index (χ4v) is 4.63. The molecule has 28 heavy (non-hydrogen) atoms. The summed E-state index contributed by atoms with van der Waals surface area (Å²) in [5, 5.41) is 3.10. The van der Waals surface area contributed by atoms with Crippen LogP contribution in [0.4, 0.5) is 8.78 Å². The van der Waals surface area contributed by atoms with Crippen LogP contribution in [0.2, 0.25) is 5.02 Å². The predicted molar refractivity (Wildman–Crippen MR) is 103 cm³/mol. The maximum absolute atomic E-state index is 14.5. The molecule has 0 spiro atoms. The molecule has 3 rings (SSSR count). The molecule has 1 N–H and O–H groups in total. The first-order valence-corrected chi connectivity index (χ1v) is 10.0. The summed E-state index contributed by atoms with van der Waals surface area (Å²) in [5.74, 6) is -1.76. The molecule has 0 aliphatic carbocycles. The van der Waals surface area contributed by atoms with Gasteiger partial charge in [0.1, 0.15) is 23.1 Å². The molecule has 0 fully saturated rings. The Morgan fingerprint density at radius 2 is 1.79 bits per heavy atom. The Labute approximate surface area is 166 Å². The van der Waals surface area contributed by atoms with Gasteiger partial charge in [-0.1, -0.05) is 23.7 Å². The van der Waals surface area contributed by atoms with Crippen molar-refractivity contribution in [1.82, 2.24) is 9.29 Å². The van der Waals surface area contributed by atoms with Crippen LogP contribution in [0.1, 0.15) is 5.56 Å². The van der Waals surface area contributed by atoms with Gasteiger partial charge in [-0.25, -0.2) is 21.2 Å². The molecule has 0 saturated carbocycles. The van der Waals surface area contributed by atoms with Crippen molar-refractivity contribution in [2.24, 2.45) is 0 Å². The fourth-order valence-electron chi connectivity index (χ4n) is 2.94.